The van der Waals surface area contributed by atoms with Crippen molar-refractivity contribution >= 4 is 5.91 Å². The Morgan fingerprint density at radius 3 is 2.59 bits per heavy atom. The molecule has 2 N–H and O–H groups in total. The van der Waals surface area contributed by atoms with E-state index in [4.69, 9.17) is 10.5 Å². The monoisotopic (exact) mass is 427 g/mol. The molecule has 0 saturated carbocycles. The molecule has 8 nitrogen and oxygen atoms in total. The first kappa shape index (κ1) is 20.9. The molecule has 0 unspecified atom stereocenters. The highest BCUT2D eigenvalue weighted by Gasteiger charge is 2.09. The lowest BCUT2D eigenvalue weighted by atomic mass is 10.1. The van der Waals surface area contributed by atoms with Crippen molar-refractivity contribution in [3.8, 4) is 22.8 Å². The Balaban J connectivity index is 1.61. The van der Waals surface area contributed by atoms with Gasteiger partial charge in [0.15, 0.2) is 11.6 Å². The van der Waals surface area contributed by atoms with Crippen LogP contribution in [0.25, 0.3) is 17.1 Å². The maximum Gasteiger partial charge on any atom is 0.248 e. The minimum absolute atomic E-state index is 0.171. The quantitative estimate of drug-likeness (QED) is 0.485. The van der Waals surface area contributed by atoms with Crippen LogP contribution in [0.5, 0.6) is 5.75 Å². The smallest absolute Gasteiger partial charge is 0.248 e. The Morgan fingerprint density at radius 1 is 1.06 bits per heavy atom. The standard InChI is InChI=1S/C24H21N5O3/c1-2-32-20-14-26-24(27-15-20)18-7-3-5-16(11-18)12-21-22(30)9-10-29(28-21)19-8-4-6-17(13-19)23(25)31/h3-11,13-15H,2,12H2,1H3,(H2,25,31). The van der Waals surface area contributed by atoms with Crippen LogP contribution in [0.3, 0.4) is 0 Å². The lowest BCUT2D eigenvalue weighted by Gasteiger charge is -2.09. The van der Waals surface area contributed by atoms with Crippen molar-refractivity contribution in [3.05, 3.63) is 100 Å². The summed E-state index contributed by atoms with van der Waals surface area (Å²) in [5.74, 6) is 0.653. The highest BCUT2D eigenvalue weighted by molar-refractivity contribution is 5.93. The van der Waals surface area contributed by atoms with Gasteiger partial charge in [-0.15, -0.1) is 0 Å². The largest absolute Gasteiger partial charge is 0.491 e. The van der Waals surface area contributed by atoms with Crippen LogP contribution in [0.4, 0.5) is 0 Å². The molecule has 2 aromatic carbocycles. The number of rotatable bonds is 7. The van der Waals surface area contributed by atoms with Crippen LogP contribution < -0.4 is 15.9 Å². The van der Waals surface area contributed by atoms with E-state index < -0.39 is 5.91 Å². The van der Waals surface area contributed by atoms with Gasteiger partial charge in [0, 0.05) is 29.8 Å². The van der Waals surface area contributed by atoms with E-state index >= 15 is 0 Å². The molecule has 32 heavy (non-hydrogen) atoms. The number of benzene rings is 2. The summed E-state index contributed by atoms with van der Waals surface area (Å²) in [5, 5.41) is 4.48. The Kier molecular flexibility index (Phi) is 6.03. The third-order valence-corrected chi connectivity index (χ3v) is 4.77. The average molecular weight is 427 g/mol. The van der Waals surface area contributed by atoms with Crippen LogP contribution in [0, 0.1) is 0 Å². The van der Waals surface area contributed by atoms with Gasteiger partial charge in [-0.1, -0.05) is 24.3 Å². The van der Waals surface area contributed by atoms with Gasteiger partial charge >= 0.3 is 0 Å². The maximum absolute atomic E-state index is 12.4. The lowest BCUT2D eigenvalue weighted by Crippen LogP contribution is -2.17. The first-order valence-electron chi connectivity index (χ1n) is 10.1. The van der Waals surface area contributed by atoms with Crippen LogP contribution in [0.15, 0.2) is 78.0 Å². The molecule has 4 rings (SSSR count). The molecule has 0 spiro atoms. The van der Waals surface area contributed by atoms with Gasteiger partial charge in [-0.25, -0.2) is 14.6 Å². The second-order valence-corrected chi connectivity index (χ2v) is 7.04. The molecular formula is C24H21N5O3. The number of hydrogen-bond donors (Lipinski definition) is 1. The van der Waals surface area contributed by atoms with E-state index in [1.807, 2.05) is 31.2 Å². The predicted molar refractivity (Wildman–Crippen MR) is 120 cm³/mol. The fraction of sp³-hybridized carbons (Fsp3) is 0.125. The number of amides is 1. The molecule has 2 heterocycles. The zero-order valence-corrected chi connectivity index (χ0v) is 17.4. The van der Waals surface area contributed by atoms with Crippen molar-refractivity contribution in [2.75, 3.05) is 6.61 Å². The van der Waals surface area contributed by atoms with Crippen LogP contribution in [0.1, 0.15) is 28.5 Å². The summed E-state index contributed by atoms with van der Waals surface area (Å²) in [4.78, 5) is 32.6. The minimum Gasteiger partial charge on any atom is -0.491 e. The number of carbonyl (C=O) groups excluding carboxylic acids is 1. The SMILES string of the molecule is CCOc1cnc(-c2cccc(Cc3nn(-c4cccc(C(N)=O)c4)ccc3=O)c2)nc1. The fourth-order valence-corrected chi connectivity index (χ4v) is 3.24. The molecule has 2 aromatic heterocycles. The average Bonchev–Trinajstić information content (AvgIpc) is 2.81. The van der Waals surface area contributed by atoms with Crippen LogP contribution in [0.2, 0.25) is 0 Å². The Hall–Kier alpha value is -4.33. The summed E-state index contributed by atoms with van der Waals surface area (Å²) in [5.41, 5.74) is 8.30. The van der Waals surface area contributed by atoms with E-state index in [-0.39, 0.29) is 5.43 Å². The van der Waals surface area contributed by atoms with Gasteiger partial charge in [-0.2, -0.15) is 5.10 Å². The molecule has 0 fully saturated rings. The van der Waals surface area contributed by atoms with Crippen LogP contribution in [-0.4, -0.2) is 32.3 Å². The van der Waals surface area contributed by atoms with E-state index in [0.717, 1.165) is 11.1 Å². The summed E-state index contributed by atoms with van der Waals surface area (Å²) in [7, 11) is 0. The van der Waals surface area contributed by atoms with Crippen molar-refractivity contribution < 1.29 is 9.53 Å². The molecule has 0 saturated heterocycles. The number of carbonyl (C=O) groups is 1. The van der Waals surface area contributed by atoms with E-state index in [9.17, 15) is 9.59 Å². The van der Waals surface area contributed by atoms with Gasteiger partial charge in [-0.05, 0) is 36.8 Å². The zero-order chi connectivity index (χ0) is 22.5. The van der Waals surface area contributed by atoms with E-state index in [1.54, 1.807) is 47.5 Å². The van der Waals surface area contributed by atoms with Crippen molar-refractivity contribution in [1.29, 1.82) is 0 Å². The van der Waals surface area contributed by atoms with Gasteiger partial charge in [0.1, 0.15) is 5.69 Å². The molecule has 0 radical (unpaired) electrons. The van der Waals surface area contributed by atoms with E-state index in [1.165, 1.54) is 6.07 Å². The number of primary amides is 1. The second-order valence-electron chi connectivity index (χ2n) is 7.04. The number of nitrogens with two attached hydrogens (primary N) is 1. The van der Waals surface area contributed by atoms with E-state index in [0.29, 0.717) is 41.5 Å². The molecule has 160 valence electrons. The summed E-state index contributed by atoms with van der Waals surface area (Å²) < 4.78 is 6.94. The van der Waals surface area contributed by atoms with Gasteiger partial charge in [0.05, 0.1) is 24.7 Å². The molecule has 8 heteroatoms. The Bertz CT molecular complexity index is 1320. The zero-order valence-electron chi connectivity index (χ0n) is 17.4. The first-order chi connectivity index (χ1) is 15.5. The lowest BCUT2D eigenvalue weighted by molar-refractivity contribution is 0.1000. The topological polar surface area (TPSA) is 113 Å². The maximum atomic E-state index is 12.4. The molecule has 4 aromatic rings. The third kappa shape index (κ3) is 4.70. The number of hydrogen-bond acceptors (Lipinski definition) is 6. The summed E-state index contributed by atoms with van der Waals surface area (Å²) in [6.07, 6.45) is 5.17. The summed E-state index contributed by atoms with van der Waals surface area (Å²) in [6.45, 7) is 2.45. The minimum atomic E-state index is -0.526. The molecule has 0 aliphatic carbocycles. The second kappa shape index (κ2) is 9.22. The van der Waals surface area contributed by atoms with Gasteiger partial charge in [-0.3, -0.25) is 9.59 Å². The molecule has 1 amide bonds. The predicted octanol–water partition coefficient (Wildman–Crippen LogP) is 2.78. The molecular weight excluding hydrogens is 406 g/mol. The van der Waals surface area contributed by atoms with Crippen molar-refractivity contribution in [3.63, 3.8) is 0 Å². The van der Waals surface area contributed by atoms with Crippen LogP contribution >= 0.6 is 0 Å². The normalized spacial score (nSPS) is 10.7. The first-order valence-corrected chi connectivity index (χ1v) is 10.1. The highest BCUT2D eigenvalue weighted by atomic mass is 16.5. The Labute approximate surface area is 184 Å². The van der Waals surface area contributed by atoms with Crippen molar-refractivity contribution in [1.82, 2.24) is 19.7 Å². The van der Waals surface area contributed by atoms with Crippen molar-refractivity contribution in [2.24, 2.45) is 5.73 Å². The fourth-order valence-electron chi connectivity index (χ4n) is 3.24. The van der Waals surface area contributed by atoms with Crippen molar-refractivity contribution in [2.45, 2.75) is 13.3 Å². The molecule has 0 aliphatic rings. The number of ether oxygens (including phenoxy) is 1. The third-order valence-electron chi connectivity index (χ3n) is 4.77. The van der Waals surface area contributed by atoms with Gasteiger partial charge < -0.3 is 10.5 Å². The number of nitrogens with zero attached hydrogens (tertiary/aromatic N) is 4. The van der Waals surface area contributed by atoms with Crippen LogP contribution in [-0.2, 0) is 6.42 Å². The summed E-state index contributed by atoms with van der Waals surface area (Å²) >= 11 is 0. The van der Waals surface area contributed by atoms with Gasteiger partial charge in [0.25, 0.3) is 0 Å². The molecule has 0 atom stereocenters. The Morgan fingerprint density at radius 2 is 1.84 bits per heavy atom. The highest BCUT2D eigenvalue weighted by Crippen LogP contribution is 2.19. The van der Waals surface area contributed by atoms with E-state index in [2.05, 4.69) is 15.1 Å². The molecule has 0 aliphatic heterocycles. The number of aromatic nitrogens is 4. The summed E-state index contributed by atoms with van der Waals surface area (Å²) in [6, 6.07) is 15.9. The molecule has 0 bridgehead atoms. The van der Waals surface area contributed by atoms with Gasteiger partial charge in [0.2, 0.25) is 11.3 Å².